The van der Waals surface area contributed by atoms with E-state index < -0.39 is 0 Å². The van der Waals surface area contributed by atoms with Gasteiger partial charge in [0.1, 0.15) is 0 Å². The second-order valence-corrected chi connectivity index (χ2v) is 7.94. The Bertz CT molecular complexity index is 288. The van der Waals surface area contributed by atoms with Crippen molar-refractivity contribution in [1.82, 2.24) is 15.1 Å². The van der Waals surface area contributed by atoms with E-state index in [1.807, 2.05) is 0 Å². The molecule has 0 saturated carbocycles. The number of nitrogens with one attached hydrogen (secondary N) is 1. The van der Waals surface area contributed by atoms with E-state index in [2.05, 4.69) is 35.9 Å². The Morgan fingerprint density at radius 1 is 0.800 bits per heavy atom. The van der Waals surface area contributed by atoms with Crippen LogP contribution in [0.5, 0.6) is 0 Å². The summed E-state index contributed by atoms with van der Waals surface area (Å²) >= 11 is 0. The predicted octanol–water partition coefficient (Wildman–Crippen LogP) is -0.648. The van der Waals surface area contributed by atoms with Crippen LogP contribution in [0.25, 0.3) is 0 Å². The Morgan fingerprint density at radius 3 is 1.84 bits per heavy atom. The lowest BCUT2D eigenvalue weighted by Crippen LogP contribution is -2.45. The summed E-state index contributed by atoms with van der Waals surface area (Å²) in [7, 11) is 0. The number of rotatable bonds is 16. The van der Waals surface area contributed by atoms with Crippen LogP contribution in [0.3, 0.4) is 0 Å². The first-order chi connectivity index (χ1) is 11.8. The van der Waals surface area contributed by atoms with Gasteiger partial charge in [0.25, 0.3) is 0 Å². The zero-order valence-corrected chi connectivity index (χ0v) is 17.0. The molecule has 1 unspecified atom stereocenters. The van der Waals surface area contributed by atoms with Crippen LogP contribution in [0.1, 0.15) is 40.0 Å². The zero-order valence-electron chi connectivity index (χ0n) is 17.0. The van der Waals surface area contributed by atoms with Crippen molar-refractivity contribution in [3.63, 3.8) is 0 Å². The number of nitrogens with two attached hydrogens (primary N) is 4. The van der Waals surface area contributed by atoms with Gasteiger partial charge in [-0.2, -0.15) is 0 Å². The lowest BCUT2D eigenvalue weighted by Gasteiger charge is -2.29. The van der Waals surface area contributed by atoms with Crippen molar-refractivity contribution in [3.05, 3.63) is 0 Å². The van der Waals surface area contributed by atoms with E-state index in [0.29, 0.717) is 19.6 Å². The summed E-state index contributed by atoms with van der Waals surface area (Å²) < 4.78 is 0. The zero-order chi connectivity index (χ0) is 19.1. The molecule has 0 fully saturated rings. The van der Waals surface area contributed by atoms with Gasteiger partial charge in [-0.15, -0.1) is 0 Å². The maximum absolute atomic E-state index is 6.34. The summed E-state index contributed by atoms with van der Waals surface area (Å²) in [6, 6.07) is 0.207. The highest BCUT2D eigenvalue weighted by molar-refractivity contribution is 4.73. The van der Waals surface area contributed by atoms with Crippen LogP contribution in [-0.4, -0.2) is 86.8 Å². The highest BCUT2D eigenvalue weighted by Gasteiger charge is 2.12. The maximum Gasteiger partial charge on any atom is 0.0167 e. The molecule has 0 bridgehead atoms. The van der Waals surface area contributed by atoms with Crippen molar-refractivity contribution < 1.29 is 0 Å². The molecular weight excluding hydrogens is 314 g/mol. The van der Waals surface area contributed by atoms with E-state index >= 15 is 0 Å². The molecule has 7 heteroatoms. The first-order valence-electron chi connectivity index (χ1n) is 9.88. The average Bonchev–Trinajstić information content (AvgIpc) is 2.51. The largest absolute Gasteiger partial charge is 0.329 e. The minimum atomic E-state index is 0.193. The van der Waals surface area contributed by atoms with Crippen LogP contribution in [-0.2, 0) is 0 Å². The van der Waals surface area contributed by atoms with Gasteiger partial charge >= 0.3 is 0 Å². The highest BCUT2D eigenvalue weighted by Crippen LogP contribution is 2.04. The van der Waals surface area contributed by atoms with E-state index in [0.717, 1.165) is 58.7 Å². The van der Waals surface area contributed by atoms with Gasteiger partial charge in [0, 0.05) is 70.5 Å². The van der Waals surface area contributed by atoms with Crippen molar-refractivity contribution in [2.75, 3.05) is 65.4 Å². The Hall–Kier alpha value is -0.280. The van der Waals surface area contributed by atoms with Gasteiger partial charge < -0.3 is 28.3 Å². The molecule has 0 spiro atoms. The topological polar surface area (TPSA) is 123 Å². The van der Waals surface area contributed by atoms with E-state index in [1.165, 1.54) is 6.42 Å². The normalized spacial score (nSPS) is 13.8. The Labute approximate surface area is 155 Å². The summed E-state index contributed by atoms with van der Waals surface area (Å²) in [5.41, 5.74) is 23.6. The van der Waals surface area contributed by atoms with Gasteiger partial charge in [0.2, 0.25) is 0 Å². The van der Waals surface area contributed by atoms with E-state index in [-0.39, 0.29) is 11.6 Å². The molecule has 0 radical (unpaired) electrons. The third kappa shape index (κ3) is 15.7. The first kappa shape index (κ1) is 24.7. The van der Waals surface area contributed by atoms with Crippen molar-refractivity contribution in [2.24, 2.45) is 22.9 Å². The number of hydrogen-bond acceptors (Lipinski definition) is 7. The minimum Gasteiger partial charge on any atom is -0.329 e. The Morgan fingerprint density at radius 2 is 1.32 bits per heavy atom. The minimum absolute atomic E-state index is 0.193. The monoisotopic (exact) mass is 359 g/mol. The highest BCUT2D eigenvalue weighted by atomic mass is 15.2. The molecule has 0 aromatic rings. The summed E-state index contributed by atoms with van der Waals surface area (Å²) in [6.07, 6.45) is 3.39. The molecular formula is C18H45N7. The molecule has 0 rings (SSSR count). The summed E-state index contributed by atoms with van der Waals surface area (Å²) in [4.78, 5) is 4.69. The molecule has 9 N–H and O–H groups in total. The summed E-state index contributed by atoms with van der Waals surface area (Å²) in [6.45, 7) is 15.1. The second kappa shape index (κ2) is 14.8. The van der Waals surface area contributed by atoms with Gasteiger partial charge in [-0.1, -0.05) is 6.42 Å². The smallest absolute Gasteiger partial charge is 0.0167 e. The second-order valence-electron chi connectivity index (χ2n) is 7.94. The molecule has 1 atom stereocenters. The fourth-order valence-electron chi connectivity index (χ4n) is 2.88. The van der Waals surface area contributed by atoms with Gasteiger partial charge in [-0.25, -0.2) is 0 Å². The van der Waals surface area contributed by atoms with E-state index in [4.69, 9.17) is 22.9 Å². The number of nitrogens with zero attached hydrogens (tertiary/aromatic N) is 2. The molecule has 25 heavy (non-hydrogen) atoms. The molecule has 7 nitrogen and oxygen atoms in total. The van der Waals surface area contributed by atoms with Crippen LogP contribution < -0.4 is 28.3 Å². The van der Waals surface area contributed by atoms with E-state index in [1.54, 1.807) is 0 Å². The van der Waals surface area contributed by atoms with Gasteiger partial charge in [0.05, 0.1) is 0 Å². The quantitative estimate of drug-likeness (QED) is 0.232. The molecule has 0 saturated heterocycles. The van der Waals surface area contributed by atoms with Gasteiger partial charge in [-0.05, 0) is 40.2 Å². The summed E-state index contributed by atoms with van der Waals surface area (Å²) in [5.74, 6) is 0. The SMILES string of the molecule is CC(C)(C)NCCCCC(N)CN(CCN)CCN(CCN)CCN. The molecule has 0 aliphatic rings. The molecule has 0 aromatic carbocycles. The molecule has 152 valence electrons. The first-order valence-corrected chi connectivity index (χ1v) is 9.88. The Balaban J connectivity index is 4.05. The third-order valence-electron chi connectivity index (χ3n) is 4.22. The van der Waals surface area contributed by atoms with Crippen LogP contribution in [0.15, 0.2) is 0 Å². The predicted molar refractivity (Wildman–Crippen MR) is 110 cm³/mol. The maximum atomic E-state index is 6.34. The number of unbranched alkanes of at least 4 members (excludes halogenated alkanes) is 1. The lowest BCUT2D eigenvalue weighted by atomic mass is 10.1. The third-order valence-corrected chi connectivity index (χ3v) is 4.22. The van der Waals surface area contributed by atoms with Crippen LogP contribution in [0.4, 0.5) is 0 Å². The molecule has 0 amide bonds. The van der Waals surface area contributed by atoms with Crippen LogP contribution >= 0.6 is 0 Å². The standard InChI is InChI=1S/C18H45N7/c1-18(2,3)23-10-5-4-6-17(22)16-25(13-9-21)15-14-24(11-7-19)12-8-20/h17,23H,4-16,19-22H2,1-3H3. The van der Waals surface area contributed by atoms with Crippen LogP contribution in [0, 0.1) is 0 Å². The van der Waals surface area contributed by atoms with Crippen molar-refractivity contribution in [1.29, 1.82) is 0 Å². The van der Waals surface area contributed by atoms with Crippen molar-refractivity contribution in [2.45, 2.75) is 51.6 Å². The average molecular weight is 360 g/mol. The van der Waals surface area contributed by atoms with Crippen LogP contribution in [0.2, 0.25) is 0 Å². The van der Waals surface area contributed by atoms with Crippen molar-refractivity contribution in [3.8, 4) is 0 Å². The van der Waals surface area contributed by atoms with Crippen molar-refractivity contribution >= 4 is 0 Å². The molecule has 0 aliphatic heterocycles. The molecule has 0 heterocycles. The Kier molecular flexibility index (Phi) is 14.7. The van der Waals surface area contributed by atoms with Gasteiger partial charge in [0.15, 0.2) is 0 Å². The molecule has 0 aliphatic carbocycles. The number of hydrogen-bond donors (Lipinski definition) is 5. The van der Waals surface area contributed by atoms with Gasteiger partial charge in [-0.3, -0.25) is 9.80 Å². The summed E-state index contributed by atoms with van der Waals surface area (Å²) in [5, 5.41) is 3.52. The van der Waals surface area contributed by atoms with E-state index in [9.17, 15) is 0 Å². The fraction of sp³-hybridized carbons (Fsp3) is 1.00. The molecule has 0 aromatic heterocycles. The lowest BCUT2D eigenvalue weighted by molar-refractivity contribution is 0.202. The fourth-order valence-corrected chi connectivity index (χ4v) is 2.88.